The minimum absolute atomic E-state index is 0.0804. The molecule has 0 rings (SSSR count). The lowest BCUT2D eigenvalue weighted by Crippen LogP contribution is -2.30. The number of carbonyl (C=O) groups excluding carboxylic acids is 3. The first-order chi connectivity index (χ1) is 30.0. The van der Waals surface area contributed by atoms with Crippen LogP contribution < -0.4 is 0 Å². The van der Waals surface area contributed by atoms with Crippen molar-refractivity contribution in [2.75, 3.05) is 13.2 Å². The van der Waals surface area contributed by atoms with Gasteiger partial charge in [-0.25, -0.2) is 0 Å². The monoisotopic (exact) mass is 857 g/mol. The van der Waals surface area contributed by atoms with Crippen LogP contribution in [0.1, 0.15) is 278 Å². The van der Waals surface area contributed by atoms with Crippen molar-refractivity contribution < 1.29 is 28.6 Å². The molecule has 0 N–H and O–H groups in total. The molecule has 0 saturated carbocycles. The van der Waals surface area contributed by atoms with Gasteiger partial charge in [-0.2, -0.15) is 0 Å². The third-order valence-corrected chi connectivity index (χ3v) is 11.6. The highest BCUT2D eigenvalue weighted by Crippen LogP contribution is 2.15. The quantitative estimate of drug-likeness (QED) is 0.0199. The molecule has 0 aromatic heterocycles. The van der Waals surface area contributed by atoms with E-state index in [1.807, 2.05) is 0 Å². The fourth-order valence-corrected chi connectivity index (χ4v) is 7.60. The summed E-state index contributed by atoms with van der Waals surface area (Å²) in [5.74, 6) is -0.902. The van der Waals surface area contributed by atoms with Gasteiger partial charge < -0.3 is 14.2 Å². The van der Waals surface area contributed by atoms with E-state index < -0.39 is 6.10 Å². The van der Waals surface area contributed by atoms with Crippen LogP contribution in [0.5, 0.6) is 0 Å². The van der Waals surface area contributed by atoms with Crippen LogP contribution in [0.25, 0.3) is 0 Å². The van der Waals surface area contributed by atoms with Crippen molar-refractivity contribution in [2.24, 2.45) is 0 Å². The summed E-state index contributed by atoms with van der Waals surface area (Å²) in [6.07, 6.45) is 58.4. The molecule has 0 radical (unpaired) electrons. The maximum Gasteiger partial charge on any atom is 0.306 e. The lowest BCUT2D eigenvalue weighted by Gasteiger charge is -2.18. The third-order valence-electron chi connectivity index (χ3n) is 11.6. The Morgan fingerprint density at radius 2 is 0.590 bits per heavy atom. The Morgan fingerprint density at radius 3 is 0.934 bits per heavy atom. The van der Waals surface area contributed by atoms with Crippen LogP contribution in [0.4, 0.5) is 0 Å². The number of unbranched alkanes of at least 4 members (excludes halogenated alkanes) is 32. The van der Waals surface area contributed by atoms with Crippen LogP contribution in [0, 0.1) is 0 Å². The second-order valence-electron chi connectivity index (χ2n) is 17.8. The van der Waals surface area contributed by atoms with Gasteiger partial charge in [0, 0.05) is 19.3 Å². The van der Waals surface area contributed by atoms with E-state index in [-0.39, 0.29) is 31.1 Å². The highest BCUT2D eigenvalue weighted by molar-refractivity contribution is 5.71. The fourth-order valence-electron chi connectivity index (χ4n) is 7.60. The molecule has 0 aromatic rings. The van der Waals surface area contributed by atoms with Gasteiger partial charge in [0.2, 0.25) is 0 Å². The number of carbonyl (C=O) groups is 3. The van der Waals surface area contributed by atoms with Crippen molar-refractivity contribution in [3.63, 3.8) is 0 Å². The first-order valence-electron chi connectivity index (χ1n) is 26.5. The normalized spacial score (nSPS) is 12.2. The molecule has 0 aliphatic heterocycles. The number of hydrogen-bond acceptors (Lipinski definition) is 6. The topological polar surface area (TPSA) is 78.9 Å². The van der Waals surface area contributed by atoms with E-state index in [0.717, 1.165) is 89.9 Å². The molecule has 1 unspecified atom stereocenters. The van der Waals surface area contributed by atoms with Crippen LogP contribution in [0.2, 0.25) is 0 Å². The lowest BCUT2D eigenvalue weighted by atomic mass is 10.0. The zero-order valence-electron chi connectivity index (χ0n) is 40.7. The Labute approximate surface area is 378 Å². The molecule has 0 aliphatic carbocycles. The molecular formula is C55H100O6. The second-order valence-corrected chi connectivity index (χ2v) is 17.8. The molecule has 1 atom stereocenters. The van der Waals surface area contributed by atoms with Gasteiger partial charge in [-0.3, -0.25) is 14.4 Å². The van der Waals surface area contributed by atoms with E-state index in [4.69, 9.17) is 14.2 Å². The Kier molecular flexibility index (Phi) is 48.3. The summed E-state index contributed by atoms with van der Waals surface area (Å²) in [5, 5.41) is 0. The average molecular weight is 857 g/mol. The van der Waals surface area contributed by atoms with Gasteiger partial charge in [-0.15, -0.1) is 0 Å². The molecule has 356 valence electrons. The van der Waals surface area contributed by atoms with Crippen LogP contribution in [0.15, 0.2) is 36.5 Å². The minimum Gasteiger partial charge on any atom is -0.462 e. The molecule has 0 saturated heterocycles. The maximum atomic E-state index is 12.8. The summed E-state index contributed by atoms with van der Waals surface area (Å²) >= 11 is 0. The number of esters is 3. The Balaban J connectivity index is 4.37. The van der Waals surface area contributed by atoms with Crippen LogP contribution in [-0.2, 0) is 28.6 Å². The summed E-state index contributed by atoms with van der Waals surface area (Å²) in [7, 11) is 0. The molecule has 0 aromatic carbocycles. The Bertz CT molecular complexity index is 1030. The lowest BCUT2D eigenvalue weighted by molar-refractivity contribution is -0.167. The zero-order valence-corrected chi connectivity index (χ0v) is 40.7. The van der Waals surface area contributed by atoms with Crippen molar-refractivity contribution in [1.82, 2.24) is 0 Å². The standard InChI is InChI=1S/C55H100O6/c1-4-7-10-13-16-19-22-25-26-27-28-29-31-33-36-39-42-45-48-54(57)60-51-52(50-59-53(56)47-44-41-38-35-32-24-21-18-15-12-9-6-3)61-55(58)49-46-43-40-37-34-30-23-20-17-14-11-8-5-2/h26-30,34,52H,4-25,31-33,35-51H2,1-3H3/b27-26-,29-28-,34-30-. The Morgan fingerprint density at radius 1 is 0.328 bits per heavy atom. The molecule has 0 fully saturated rings. The fraction of sp³-hybridized carbons (Fsp3) is 0.836. The van der Waals surface area contributed by atoms with E-state index in [1.54, 1.807) is 0 Å². The van der Waals surface area contributed by atoms with Crippen LogP contribution in [-0.4, -0.2) is 37.2 Å². The molecule has 0 amide bonds. The number of ether oxygens (including phenoxy) is 3. The Hall–Kier alpha value is -2.37. The van der Waals surface area contributed by atoms with E-state index in [1.165, 1.54) is 148 Å². The molecule has 6 heteroatoms. The van der Waals surface area contributed by atoms with Gasteiger partial charge >= 0.3 is 17.9 Å². The summed E-state index contributed by atoms with van der Waals surface area (Å²) in [6, 6.07) is 0. The highest BCUT2D eigenvalue weighted by Gasteiger charge is 2.19. The van der Waals surface area contributed by atoms with Gasteiger partial charge in [-0.1, -0.05) is 224 Å². The molecule has 0 spiro atoms. The number of allylic oxidation sites excluding steroid dienone is 6. The summed E-state index contributed by atoms with van der Waals surface area (Å²) in [6.45, 7) is 6.62. The second kappa shape index (κ2) is 50.3. The summed E-state index contributed by atoms with van der Waals surface area (Å²) in [4.78, 5) is 37.9. The van der Waals surface area contributed by atoms with E-state index in [9.17, 15) is 14.4 Å². The van der Waals surface area contributed by atoms with E-state index in [2.05, 4.69) is 57.2 Å². The van der Waals surface area contributed by atoms with Gasteiger partial charge in [0.1, 0.15) is 13.2 Å². The average Bonchev–Trinajstić information content (AvgIpc) is 3.26. The van der Waals surface area contributed by atoms with Crippen LogP contribution in [0.3, 0.4) is 0 Å². The first-order valence-corrected chi connectivity index (χ1v) is 26.5. The number of rotatable bonds is 48. The maximum absolute atomic E-state index is 12.8. The predicted molar refractivity (Wildman–Crippen MR) is 261 cm³/mol. The van der Waals surface area contributed by atoms with Crippen molar-refractivity contribution >= 4 is 17.9 Å². The SMILES string of the molecule is CCCCCCCC/C=C\CCCCCC(=O)OC(COC(=O)CCCCCCC/C=C\C=C/CCCCCCCCC)COC(=O)CCCCCCCCCCCCCC. The smallest absolute Gasteiger partial charge is 0.306 e. The third kappa shape index (κ3) is 48.5. The van der Waals surface area contributed by atoms with Gasteiger partial charge in [0.25, 0.3) is 0 Å². The van der Waals surface area contributed by atoms with Gasteiger partial charge in [-0.05, 0) is 70.6 Å². The van der Waals surface area contributed by atoms with Crippen molar-refractivity contribution in [3.05, 3.63) is 36.5 Å². The molecule has 6 nitrogen and oxygen atoms in total. The first kappa shape index (κ1) is 58.6. The van der Waals surface area contributed by atoms with Gasteiger partial charge in [0.05, 0.1) is 0 Å². The van der Waals surface area contributed by atoms with Crippen LogP contribution >= 0.6 is 0 Å². The largest absolute Gasteiger partial charge is 0.462 e. The number of hydrogen-bond donors (Lipinski definition) is 0. The molecule has 0 aliphatic rings. The summed E-state index contributed by atoms with van der Waals surface area (Å²) < 4.78 is 16.8. The van der Waals surface area contributed by atoms with Gasteiger partial charge in [0.15, 0.2) is 6.10 Å². The summed E-state index contributed by atoms with van der Waals surface area (Å²) in [5.41, 5.74) is 0. The van der Waals surface area contributed by atoms with E-state index in [0.29, 0.717) is 19.3 Å². The van der Waals surface area contributed by atoms with Crippen molar-refractivity contribution in [1.29, 1.82) is 0 Å². The molecule has 61 heavy (non-hydrogen) atoms. The molecule has 0 bridgehead atoms. The minimum atomic E-state index is -0.782. The predicted octanol–water partition coefficient (Wildman–Crippen LogP) is 17.3. The van der Waals surface area contributed by atoms with E-state index >= 15 is 0 Å². The van der Waals surface area contributed by atoms with Crippen molar-refractivity contribution in [3.8, 4) is 0 Å². The van der Waals surface area contributed by atoms with Crippen molar-refractivity contribution in [2.45, 2.75) is 284 Å². The highest BCUT2D eigenvalue weighted by atomic mass is 16.6. The zero-order chi connectivity index (χ0) is 44.4. The molecule has 0 heterocycles. The molecular weight excluding hydrogens is 757 g/mol.